The van der Waals surface area contributed by atoms with Crippen molar-refractivity contribution in [1.29, 1.82) is 0 Å². The van der Waals surface area contributed by atoms with Crippen molar-refractivity contribution in [1.82, 2.24) is 4.90 Å². The van der Waals surface area contributed by atoms with E-state index in [1.165, 1.54) is 0 Å². The number of nitrogens with zero attached hydrogens (tertiary/aromatic N) is 1. The van der Waals surface area contributed by atoms with Crippen LogP contribution in [0.25, 0.3) is 0 Å². The van der Waals surface area contributed by atoms with E-state index >= 15 is 0 Å². The van der Waals surface area contributed by atoms with E-state index in [-0.39, 0.29) is 30.2 Å². The molecule has 2 aromatic rings. The summed E-state index contributed by atoms with van der Waals surface area (Å²) in [7, 11) is -8.37. The fourth-order valence-corrected chi connectivity index (χ4v) is 10.8. The van der Waals surface area contributed by atoms with E-state index in [1.54, 1.807) is 0 Å². The number of fused-ring (bicyclic) bond motifs is 3. The van der Waals surface area contributed by atoms with E-state index in [0.29, 0.717) is 12.1 Å². The van der Waals surface area contributed by atoms with Crippen LogP contribution in [0.4, 0.5) is 35.1 Å². The standard InChI is InChI=1S/C27H24ClF8NO6S2/c28-19-14-17(3-5-20(19)29)45(42,43)24-7-10-37(22(38)23(39)8-11-44(40,41)12-9-23)21(24)6-1-15-13-16(2-4-18(15)24)25(30,26(31,32)33)27(34,35)36/h2-5,13-14,21,39H,1,6-12H2. The number of rotatable bonds is 4. The second-order valence-corrected chi connectivity index (χ2v) is 16.4. The Balaban J connectivity index is 1.69. The first-order valence-electron chi connectivity index (χ1n) is 13.4. The van der Waals surface area contributed by atoms with E-state index < -0.39 is 118 Å². The Morgan fingerprint density at radius 3 is 2.11 bits per heavy atom. The van der Waals surface area contributed by atoms with E-state index in [2.05, 4.69) is 0 Å². The molecule has 2 unspecified atom stereocenters. The number of carbonyl (C=O) groups is 1. The van der Waals surface area contributed by atoms with Crippen LogP contribution in [0.5, 0.6) is 0 Å². The van der Waals surface area contributed by atoms with Gasteiger partial charge in [0.2, 0.25) is 0 Å². The van der Waals surface area contributed by atoms with Crippen molar-refractivity contribution in [3.05, 3.63) is 63.9 Å². The second kappa shape index (κ2) is 10.5. The van der Waals surface area contributed by atoms with Crippen LogP contribution >= 0.6 is 11.6 Å². The Hall–Kier alpha value is -2.50. The maximum Gasteiger partial charge on any atom is 0.435 e. The van der Waals surface area contributed by atoms with Crippen LogP contribution < -0.4 is 0 Å². The van der Waals surface area contributed by atoms with Crippen molar-refractivity contribution >= 4 is 37.2 Å². The highest BCUT2D eigenvalue weighted by Crippen LogP contribution is 2.57. The molecule has 5 rings (SSSR count). The molecule has 2 aliphatic heterocycles. The number of benzene rings is 2. The third-order valence-corrected chi connectivity index (χ3v) is 13.5. The molecule has 2 heterocycles. The Kier molecular flexibility index (Phi) is 7.90. The first kappa shape index (κ1) is 33.9. The predicted octanol–water partition coefficient (Wildman–Crippen LogP) is 4.92. The molecule has 1 N–H and O–H groups in total. The number of likely N-dealkylation sites (tertiary alicyclic amines) is 1. The van der Waals surface area contributed by atoms with Gasteiger partial charge >= 0.3 is 18.0 Å². The van der Waals surface area contributed by atoms with E-state index in [0.717, 1.165) is 23.1 Å². The first-order valence-corrected chi connectivity index (χ1v) is 17.1. The third kappa shape index (κ3) is 5.03. The lowest BCUT2D eigenvalue weighted by atomic mass is 9.76. The van der Waals surface area contributed by atoms with Gasteiger partial charge in [0.05, 0.1) is 27.5 Å². The zero-order valence-corrected chi connectivity index (χ0v) is 25.2. The van der Waals surface area contributed by atoms with Gasteiger partial charge in [0.15, 0.2) is 19.7 Å². The number of halogens is 9. The van der Waals surface area contributed by atoms with Gasteiger partial charge in [0, 0.05) is 12.1 Å². The topological polar surface area (TPSA) is 109 Å². The average molecular weight is 710 g/mol. The molecule has 2 fully saturated rings. The summed E-state index contributed by atoms with van der Waals surface area (Å²) < 4.78 is 161. The zero-order chi connectivity index (χ0) is 33.6. The van der Waals surface area contributed by atoms with Crippen molar-refractivity contribution < 1.29 is 61.9 Å². The van der Waals surface area contributed by atoms with Gasteiger partial charge in [0.1, 0.15) is 16.2 Å². The van der Waals surface area contributed by atoms with E-state index in [1.807, 2.05) is 0 Å². The molecule has 0 radical (unpaired) electrons. The fraction of sp³-hybridized carbons (Fsp3) is 0.519. The maximum absolute atomic E-state index is 15.0. The molecule has 18 heteroatoms. The number of carbonyl (C=O) groups excluding carboxylic acids is 1. The monoisotopic (exact) mass is 709 g/mol. The van der Waals surface area contributed by atoms with Gasteiger partial charge in [-0.1, -0.05) is 29.8 Å². The summed E-state index contributed by atoms with van der Waals surface area (Å²) in [5.41, 5.74) is -10.5. The van der Waals surface area contributed by atoms with E-state index in [9.17, 15) is 61.9 Å². The van der Waals surface area contributed by atoms with Gasteiger partial charge in [-0.3, -0.25) is 4.79 Å². The summed E-state index contributed by atoms with van der Waals surface area (Å²) in [6, 6.07) is 2.16. The first-order chi connectivity index (χ1) is 20.5. The van der Waals surface area contributed by atoms with Gasteiger partial charge in [-0.15, -0.1) is 0 Å². The molecule has 248 valence electrons. The summed E-state index contributed by atoms with van der Waals surface area (Å²) in [6.45, 7) is -0.369. The fourth-order valence-electron chi connectivity index (χ4n) is 6.68. The molecule has 0 spiro atoms. The lowest BCUT2D eigenvalue weighted by Crippen LogP contribution is -2.58. The number of alkyl halides is 7. The second-order valence-electron chi connectivity index (χ2n) is 11.5. The van der Waals surface area contributed by atoms with Crippen LogP contribution in [0, 0.1) is 5.82 Å². The maximum atomic E-state index is 15.0. The molecule has 1 aliphatic carbocycles. The van der Waals surface area contributed by atoms with Crippen molar-refractivity contribution in [3.8, 4) is 0 Å². The lowest BCUT2D eigenvalue weighted by Gasteiger charge is -2.44. The highest BCUT2D eigenvalue weighted by atomic mass is 35.5. The van der Waals surface area contributed by atoms with Crippen molar-refractivity contribution in [2.75, 3.05) is 18.1 Å². The Labute approximate surface area is 257 Å². The number of amides is 1. The average Bonchev–Trinajstić information content (AvgIpc) is 3.35. The molecule has 45 heavy (non-hydrogen) atoms. The molecular formula is C27H24ClF8NO6S2. The van der Waals surface area contributed by atoms with Crippen molar-refractivity contribution in [2.24, 2.45) is 0 Å². The van der Waals surface area contributed by atoms with Crippen LogP contribution in [-0.2, 0) is 41.3 Å². The molecule has 7 nitrogen and oxygen atoms in total. The molecule has 2 saturated heterocycles. The molecule has 2 aromatic carbocycles. The Bertz CT molecular complexity index is 1750. The summed E-state index contributed by atoms with van der Waals surface area (Å²) in [6.07, 6.45) is -15.0. The zero-order valence-electron chi connectivity index (χ0n) is 22.9. The molecule has 1 amide bonds. The number of aliphatic hydroxyl groups is 1. The number of sulfone groups is 2. The number of hydrogen-bond acceptors (Lipinski definition) is 6. The highest BCUT2D eigenvalue weighted by Gasteiger charge is 2.74. The predicted molar refractivity (Wildman–Crippen MR) is 143 cm³/mol. The van der Waals surface area contributed by atoms with Crippen LogP contribution in [0.2, 0.25) is 5.02 Å². The van der Waals surface area contributed by atoms with Gasteiger partial charge in [0.25, 0.3) is 5.91 Å². The van der Waals surface area contributed by atoms with Crippen LogP contribution in [0.15, 0.2) is 41.3 Å². The smallest absolute Gasteiger partial charge is 0.380 e. The van der Waals surface area contributed by atoms with Crippen LogP contribution in [0.3, 0.4) is 0 Å². The molecule has 0 bridgehead atoms. The summed E-state index contributed by atoms with van der Waals surface area (Å²) in [4.78, 5) is 14.2. The quantitative estimate of drug-likeness (QED) is 0.357. The lowest BCUT2D eigenvalue weighted by molar-refractivity contribution is -0.348. The third-order valence-electron chi connectivity index (χ3n) is 9.06. The molecule has 2 atom stereocenters. The summed E-state index contributed by atoms with van der Waals surface area (Å²) in [5, 5.41) is 10.5. The molecule has 3 aliphatic rings. The normalized spacial score (nSPS) is 25.0. The van der Waals surface area contributed by atoms with Crippen molar-refractivity contribution in [3.63, 3.8) is 0 Å². The minimum atomic E-state index is -6.43. The van der Waals surface area contributed by atoms with Gasteiger partial charge in [-0.25, -0.2) is 25.6 Å². The Morgan fingerprint density at radius 2 is 1.56 bits per heavy atom. The van der Waals surface area contributed by atoms with Crippen molar-refractivity contribution in [2.45, 2.75) is 71.4 Å². The Morgan fingerprint density at radius 1 is 0.956 bits per heavy atom. The van der Waals surface area contributed by atoms with Gasteiger partial charge in [-0.2, -0.15) is 26.3 Å². The van der Waals surface area contributed by atoms with Gasteiger partial charge in [-0.05, 0) is 61.4 Å². The minimum absolute atomic E-state index is 0.196. The van der Waals surface area contributed by atoms with Crippen LogP contribution in [-0.4, -0.2) is 74.8 Å². The minimum Gasteiger partial charge on any atom is -0.380 e. The summed E-state index contributed by atoms with van der Waals surface area (Å²) >= 11 is 5.84. The SMILES string of the molecule is O=C(N1CCC2(S(=O)(=O)c3ccc(F)c(Cl)c3)c3ccc(C(F)(C(F)(F)F)C(F)(F)F)cc3CCC12)C1(O)CCS(=O)(=O)CC1. The van der Waals surface area contributed by atoms with Gasteiger partial charge < -0.3 is 10.0 Å². The van der Waals surface area contributed by atoms with Crippen LogP contribution in [0.1, 0.15) is 42.4 Å². The number of hydrogen-bond donors (Lipinski definition) is 1. The molecule has 0 aromatic heterocycles. The molecule has 0 saturated carbocycles. The highest BCUT2D eigenvalue weighted by molar-refractivity contribution is 7.92. The molecular weight excluding hydrogens is 686 g/mol. The summed E-state index contributed by atoms with van der Waals surface area (Å²) in [5.74, 6) is -3.04. The largest absolute Gasteiger partial charge is 0.435 e. The van der Waals surface area contributed by atoms with E-state index in [4.69, 9.17) is 11.6 Å². The number of aryl methyl sites for hydroxylation is 1.